The van der Waals surface area contributed by atoms with Crippen molar-refractivity contribution in [2.75, 3.05) is 45.6 Å². The van der Waals surface area contributed by atoms with Crippen molar-refractivity contribution in [2.24, 2.45) is 4.99 Å². The van der Waals surface area contributed by atoms with E-state index in [4.69, 9.17) is 4.74 Å². The number of guanidine groups is 1. The highest BCUT2D eigenvalue weighted by atomic mass is 32.2. The Morgan fingerprint density at radius 3 is 2.47 bits per heavy atom. The molecule has 0 bridgehead atoms. The van der Waals surface area contributed by atoms with Gasteiger partial charge in [-0.15, -0.1) is 0 Å². The summed E-state index contributed by atoms with van der Waals surface area (Å²) in [5, 5.41) is 6.54. The number of benzene rings is 1. The van der Waals surface area contributed by atoms with E-state index in [2.05, 4.69) is 50.9 Å². The van der Waals surface area contributed by atoms with Gasteiger partial charge in [-0.25, -0.2) is 0 Å². The maximum Gasteiger partial charge on any atom is 0.191 e. The molecular weight excluding hydrogens is 396 g/mol. The van der Waals surface area contributed by atoms with E-state index >= 15 is 0 Å². The molecule has 7 heteroatoms. The fourth-order valence-electron chi connectivity index (χ4n) is 3.39. The van der Waals surface area contributed by atoms with Crippen LogP contribution >= 0.6 is 0 Å². The Labute approximate surface area is 185 Å². The van der Waals surface area contributed by atoms with Crippen LogP contribution in [0.4, 0.5) is 0 Å². The Balaban J connectivity index is 1.51. The van der Waals surface area contributed by atoms with E-state index in [1.54, 1.807) is 7.05 Å². The van der Waals surface area contributed by atoms with Gasteiger partial charge in [0.1, 0.15) is 0 Å². The van der Waals surface area contributed by atoms with Crippen LogP contribution in [0.3, 0.4) is 0 Å². The molecular formula is C23H40N4O2S. The summed E-state index contributed by atoms with van der Waals surface area (Å²) >= 11 is 0. The molecule has 2 rings (SSSR count). The van der Waals surface area contributed by atoms with Crippen LogP contribution in [-0.2, 0) is 22.1 Å². The van der Waals surface area contributed by atoms with Gasteiger partial charge in [0.15, 0.2) is 5.96 Å². The fraction of sp³-hybridized carbons (Fsp3) is 0.696. The van der Waals surface area contributed by atoms with Crippen LogP contribution in [0.25, 0.3) is 0 Å². The summed E-state index contributed by atoms with van der Waals surface area (Å²) in [5.41, 5.74) is 1.38. The SMILES string of the molecule is CN=C(NCCCOC1CCN(Cc2ccccc2)CC1)NCCS(=O)C(C)(C)C. The van der Waals surface area contributed by atoms with E-state index < -0.39 is 10.8 Å². The molecule has 0 radical (unpaired) electrons. The largest absolute Gasteiger partial charge is 0.378 e. The molecule has 1 heterocycles. The van der Waals surface area contributed by atoms with Crippen molar-refractivity contribution in [3.63, 3.8) is 0 Å². The van der Waals surface area contributed by atoms with Gasteiger partial charge in [-0.3, -0.25) is 14.1 Å². The van der Waals surface area contributed by atoms with Crippen molar-refractivity contribution < 1.29 is 8.95 Å². The summed E-state index contributed by atoms with van der Waals surface area (Å²) in [6.07, 6.45) is 3.53. The zero-order valence-electron chi connectivity index (χ0n) is 19.2. The molecule has 0 spiro atoms. The first-order valence-corrected chi connectivity index (χ1v) is 12.4. The summed E-state index contributed by atoms with van der Waals surface area (Å²) in [4.78, 5) is 6.74. The third-order valence-corrected chi connectivity index (χ3v) is 7.18. The van der Waals surface area contributed by atoms with E-state index in [0.29, 0.717) is 18.4 Å². The topological polar surface area (TPSA) is 66.0 Å². The highest BCUT2D eigenvalue weighted by molar-refractivity contribution is 7.86. The molecule has 0 aliphatic carbocycles. The lowest BCUT2D eigenvalue weighted by Gasteiger charge is -2.32. The molecule has 1 aliphatic heterocycles. The number of nitrogens with one attached hydrogen (secondary N) is 2. The maximum atomic E-state index is 12.1. The van der Waals surface area contributed by atoms with Crippen LogP contribution in [-0.4, -0.2) is 71.5 Å². The number of hydrogen-bond acceptors (Lipinski definition) is 4. The average molecular weight is 437 g/mol. The number of likely N-dealkylation sites (tertiary alicyclic amines) is 1. The molecule has 30 heavy (non-hydrogen) atoms. The number of ether oxygens (including phenoxy) is 1. The van der Waals surface area contributed by atoms with Gasteiger partial charge in [0.2, 0.25) is 0 Å². The quantitative estimate of drug-likeness (QED) is 0.335. The molecule has 0 aromatic heterocycles. The summed E-state index contributed by atoms with van der Waals surface area (Å²) in [6, 6.07) is 10.7. The van der Waals surface area contributed by atoms with E-state index in [-0.39, 0.29) is 4.75 Å². The van der Waals surface area contributed by atoms with E-state index in [0.717, 1.165) is 58.0 Å². The Kier molecular flexibility index (Phi) is 10.8. The summed E-state index contributed by atoms with van der Waals surface area (Å²) in [6.45, 7) is 11.5. The lowest BCUT2D eigenvalue weighted by Crippen LogP contribution is -2.41. The zero-order valence-corrected chi connectivity index (χ0v) is 20.0. The van der Waals surface area contributed by atoms with Crippen LogP contribution in [0.15, 0.2) is 35.3 Å². The second-order valence-corrected chi connectivity index (χ2v) is 11.1. The molecule has 0 saturated carbocycles. The number of piperidine rings is 1. The summed E-state index contributed by atoms with van der Waals surface area (Å²) in [7, 11) is 0.909. The predicted octanol–water partition coefficient (Wildman–Crippen LogP) is 2.77. The minimum atomic E-state index is -0.851. The van der Waals surface area contributed by atoms with Gasteiger partial charge in [0.25, 0.3) is 0 Å². The van der Waals surface area contributed by atoms with Gasteiger partial charge in [-0.05, 0) is 45.6 Å². The lowest BCUT2D eigenvalue weighted by atomic mass is 10.1. The first-order chi connectivity index (χ1) is 14.4. The van der Waals surface area contributed by atoms with Crippen LogP contribution in [0.1, 0.15) is 45.6 Å². The predicted molar refractivity (Wildman–Crippen MR) is 127 cm³/mol. The Morgan fingerprint density at radius 1 is 1.17 bits per heavy atom. The summed E-state index contributed by atoms with van der Waals surface area (Å²) in [5.74, 6) is 1.38. The molecule has 1 saturated heterocycles. The van der Waals surface area contributed by atoms with Crippen LogP contribution in [0.5, 0.6) is 0 Å². The maximum absolute atomic E-state index is 12.1. The van der Waals surface area contributed by atoms with Gasteiger partial charge in [0, 0.05) is 67.7 Å². The number of hydrogen-bond donors (Lipinski definition) is 2. The van der Waals surface area contributed by atoms with E-state index in [1.807, 2.05) is 20.8 Å². The monoisotopic (exact) mass is 436 g/mol. The highest BCUT2D eigenvalue weighted by Gasteiger charge is 2.20. The number of aliphatic imine (C=N–C) groups is 1. The first-order valence-electron chi connectivity index (χ1n) is 11.1. The minimum Gasteiger partial charge on any atom is -0.378 e. The smallest absolute Gasteiger partial charge is 0.191 e. The molecule has 1 aromatic carbocycles. The third-order valence-electron chi connectivity index (χ3n) is 5.24. The van der Waals surface area contributed by atoms with E-state index in [1.165, 1.54) is 5.56 Å². The fourth-order valence-corrected chi connectivity index (χ4v) is 4.29. The average Bonchev–Trinajstić information content (AvgIpc) is 2.73. The second-order valence-electron chi connectivity index (χ2n) is 8.77. The van der Waals surface area contributed by atoms with E-state index in [9.17, 15) is 4.21 Å². The van der Waals surface area contributed by atoms with Crippen molar-refractivity contribution in [3.8, 4) is 0 Å². The minimum absolute atomic E-state index is 0.173. The van der Waals surface area contributed by atoms with Crippen LogP contribution < -0.4 is 10.6 Å². The van der Waals surface area contributed by atoms with Crippen molar-refractivity contribution in [3.05, 3.63) is 35.9 Å². The van der Waals surface area contributed by atoms with Crippen LogP contribution in [0.2, 0.25) is 0 Å². The lowest BCUT2D eigenvalue weighted by molar-refractivity contribution is 0.00534. The van der Waals surface area contributed by atoms with Gasteiger partial charge in [0.05, 0.1) is 6.10 Å². The molecule has 6 nitrogen and oxygen atoms in total. The molecule has 1 unspecified atom stereocenters. The molecule has 1 atom stereocenters. The number of rotatable bonds is 10. The van der Waals surface area contributed by atoms with Gasteiger partial charge >= 0.3 is 0 Å². The second kappa shape index (κ2) is 13.1. The Morgan fingerprint density at radius 2 is 1.83 bits per heavy atom. The molecule has 1 aliphatic rings. The van der Waals surface area contributed by atoms with Crippen molar-refractivity contribution in [2.45, 2.75) is 57.4 Å². The molecule has 2 N–H and O–H groups in total. The van der Waals surface area contributed by atoms with Crippen molar-refractivity contribution in [1.29, 1.82) is 0 Å². The Hall–Kier alpha value is -1.44. The standard InChI is InChI=1S/C23H40N4O2S/c1-23(2,3)30(28)18-14-26-22(24-4)25-13-8-17-29-21-11-15-27(16-12-21)19-20-9-6-5-7-10-20/h5-7,9-10,21H,8,11-19H2,1-4H3,(H2,24,25,26). The third kappa shape index (κ3) is 9.58. The first kappa shape index (κ1) is 24.8. The molecule has 1 fully saturated rings. The van der Waals surface area contributed by atoms with Gasteiger partial charge < -0.3 is 15.4 Å². The zero-order chi connectivity index (χ0) is 21.8. The highest BCUT2D eigenvalue weighted by Crippen LogP contribution is 2.16. The molecule has 1 aromatic rings. The van der Waals surface area contributed by atoms with Gasteiger partial charge in [-0.1, -0.05) is 30.3 Å². The van der Waals surface area contributed by atoms with Crippen molar-refractivity contribution >= 4 is 16.8 Å². The van der Waals surface area contributed by atoms with Crippen LogP contribution in [0, 0.1) is 0 Å². The summed E-state index contributed by atoms with van der Waals surface area (Å²) < 4.78 is 18.0. The number of nitrogens with zero attached hydrogens (tertiary/aromatic N) is 2. The van der Waals surface area contributed by atoms with Crippen molar-refractivity contribution in [1.82, 2.24) is 15.5 Å². The Bertz CT molecular complexity index is 653. The molecule has 170 valence electrons. The van der Waals surface area contributed by atoms with Gasteiger partial charge in [-0.2, -0.15) is 0 Å². The molecule has 0 amide bonds. The normalized spacial score (nSPS) is 17.7.